The molecule has 3 aromatic rings. The van der Waals surface area contributed by atoms with Gasteiger partial charge in [-0.05, 0) is 30.4 Å². The van der Waals surface area contributed by atoms with E-state index in [2.05, 4.69) is 34.5 Å². The molecule has 1 aromatic carbocycles. The van der Waals surface area contributed by atoms with E-state index < -0.39 is 5.97 Å². The molecule has 6 heteroatoms. The number of anilines is 1. The fourth-order valence-corrected chi connectivity index (χ4v) is 4.17. The topological polar surface area (TPSA) is 53.4 Å². The fourth-order valence-electron chi connectivity index (χ4n) is 3.30. The summed E-state index contributed by atoms with van der Waals surface area (Å²) in [6.45, 7) is 1.56. The minimum Gasteiger partial charge on any atom is -0.481 e. The van der Waals surface area contributed by atoms with Crippen LogP contribution in [-0.2, 0) is 4.79 Å². The van der Waals surface area contributed by atoms with Gasteiger partial charge < -0.3 is 10.0 Å². The number of halogens is 1. The fraction of sp³-hybridized carbons (Fsp3) is 0.263. The van der Waals surface area contributed by atoms with Crippen molar-refractivity contribution in [3.63, 3.8) is 0 Å². The highest BCUT2D eigenvalue weighted by molar-refractivity contribution is 7.17. The Morgan fingerprint density at radius 3 is 2.56 bits per heavy atom. The Balaban J connectivity index is 0.00000182. The van der Waals surface area contributed by atoms with Crippen LogP contribution in [0.1, 0.15) is 12.8 Å². The molecule has 0 spiro atoms. The molecular weight excluding hydrogens is 356 g/mol. The zero-order valence-corrected chi connectivity index (χ0v) is 15.2. The first-order valence-corrected chi connectivity index (χ1v) is 9.02. The van der Waals surface area contributed by atoms with Crippen molar-refractivity contribution in [1.29, 1.82) is 0 Å². The van der Waals surface area contributed by atoms with Gasteiger partial charge in [0.1, 0.15) is 0 Å². The molecule has 2 aromatic heterocycles. The SMILES string of the molecule is Cl.O=C(O)C1CCN(c2cc(-c3ccccc3)nc3ccsc23)CC1. The molecule has 1 fully saturated rings. The highest BCUT2D eigenvalue weighted by Crippen LogP contribution is 2.36. The molecule has 4 nitrogen and oxygen atoms in total. The van der Waals surface area contributed by atoms with Crippen LogP contribution >= 0.6 is 23.7 Å². The van der Waals surface area contributed by atoms with Gasteiger partial charge in [-0.1, -0.05) is 30.3 Å². The average molecular weight is 375 g/mol. The summed E-state index contributed by atoms with van der Waals surface area (Å²) in [5, 5.41) is 11.3. The number of benzene rings is 1. The summed E-state index contributed by atoms with van der Waals surface area (Å²) < 4.78 is 1.18. The Bertz CT molecular complexity index is 874. The highest BCUT2D eigenvalue weighted by Gasteiger charge is 2.26. The lowest BCUT2D eigenvalue weighted by Crippen LogP contribution is -2.36. The van der Waals surface area contributed by atoms with Crippen LogP contribution in [0.3, 0.4) is 0 Å². The van der Waals surface area contributed by atoms with Gasteiger partial charge in [-0.15, -0.1) is 23.7 Å². The van der Waals surface area contributed by atoms with Crippen molar-refractivity contribution in [3.05, 3.63) is 47.8 Å². The molecular formula is C19H19ClN2O2S. The van der Waals surface area contributed by atoms with E-state index in [9.17, 15) is 9.90 Å². The van der Waals surface area contributed by atoms with Gasteiger partial charge in [0.25, 0.3) is 0 Å². The van der Waals surface area contributed by atoms with Crippen LogP contribution in [-0.4, -0.2) is 29.1 Å². The molecule has 130 valence electrons. The summed E-state index contributed by atoms with van der Waals surface area (Å²) in [5.74, 6) is -0.883. The van der Waals surface area contributed by atoms with Crippen molar-refractivity contribution in [2.45, 2.75) is 12.8 Å². The molecule has 3 heterocycles. The Labute approximate surface area is 156 Å². The number of carboxylic acid groups (broad SMARTS) is 1. The zero-order valence-electron chi connectivity index (χ0n) is 13.6. The lowest BCUT2D eigenvalue weighted by Gasteiger charge is -2.32. The number of hydrogen-bond donors (Lipinski definition) is 1. The van der Waals surface area contributed by atoms with Crippen molar-refractivity contribution in [2.24, 2.45) is 5.92 Å². The quantitative estimate of drug-likeness (QED) is 0.722. The maximum atomic E-state index is 11.2. The summed E-state index contributed by atoms with van der Waals surface area (Å²) in [7, 11) is 0. The first kappa shape index (κ1) is 17.7. The smallest absolute Gasteiger partial charge is 0.306 e. The molecule has 1 aliphatic rings. The normalized spacial score (nSPS) is 15.1. The lowest BCUT2D eigenvalue weighted by atomic mass is 9.96. The standard InChI is InChI=1S/C19H18N2O2S.ClH/c22-19(23)14-6-9-21(10-7-14)17-12-16(13-4-2-1-3-5-13)20-15-8-11-24-18(15)17;/h1-5,8,11-12,14H,6-7,9-10H2,(H,22,23);1H. The van der Waals surface area contributed by atoms with E-state index in [4.69, 9.17) is 4.98 Å². The molecule has 0 amide bonds. The molecule has 4 rings (SSSR count). The molecule has 0 saturated carbocycles. The third-order valence-electron chi connectivity index (χ3n) is 4.65. The molecule has 0 aliphatic carbocycles. The van der Waals surface area contributed by atoms with Crippen molar-refractivity contribution < 1.29 is 9.90 Å². The minimum atomic E-state index is -0.671. The number of nitrogens with zero attached hydrogens (tertiary/aromatic N) is 2. The summed E-state index contributed by atoms with van der Waals surface area (Å²) >= 11 is 1.70. The van der Waals surface area contributed by atoms with Crippen LogP contribution in [0.5, 0.6) is 0 Å². The molecule has 1 saturated heterocycles. The zero-order chi connectivity index (χ0) is 16.5. The number of carbonyl (C=O) groups is 1. The Morgan fingerprint density at radius 1 is 1.16 bits per heavy atom. The number of aliphatic carboxylic acids is 1. The average Bonchev–Trinajstić information content (AvgIpc) is 3.10. The van der Waals surface area contributed by atoms with Gasteiger partial charge in [-0.3, -0.25) is 4.79 Å². The minimum absolute atomic E-state index is 0. The first-order chi connectivity index (χ1) is 11.7. The molecule has 0 bridgehead atoms. The maximum absolute atomic E-state index is 11.2. The summed E-state index contributed by atoms with van der Waals surface area (Å²) in [4.78, 5) is 18.3. The number of piperidine rings is 1. The molecule has 25 heavy (non-hydrogen) atoms. The van der Waals surface area contributed by atoms with E-state index in [1.54, 1.807) is 11.3 Å². The van der Waals surface area contributed by atoms with Crippen LogP contribution in [0.15, 0.2) is 47.8 Å². The lowest BCUT2D eigenvalue weighted by molar-refractivity contribution is -0.142. The first-order valence-electron chi connectivity index (χ1n) is 8.14. The van der Waals surface area contributed by atoms with Gasteiger partial charge in [0.15, 0.2) is 0 Å². The summed E-state index contributed by atoms with van der Waals surface area (Å²) in [6, 6.07) is 14.4. The van der Waals surface area contributed by atoms with Gasteiger partial charge >= 0.3 is 5.97 Å². The second-order valence-electron chi connectivity index (χ2n) is 6.13. The summed E-state index contributed by atoms with van der Waals surface area (Å²) in [5.41, 5.74) is 4.26. The number of rotatable bonds is 3. The van der Waals surface area contributed by atoms with E-state index in [0.29, 0.717) is 12.8 Å². The maximum Gasteiger partial charge on any atom is 0.306 e. The van der Waals surface area contributed by atoms with Crippen molar-refractivity contribution in [1.82, 2.24) is 4.98 Å². The third kappa shape index (κ3) is 3.48. The van der Waals surface area contributed by atoms with Crippen LogP contribution in [0.25, 0.3) is 21.5 Å². The second kappa shape index (κ2) is 7.42. The molecule has 0 atom stereocenters. The highest BCUT2D eigenvalue weighted by atomic mass is 35.5. The number of carboxylic acids is 1. The number of hydrogen-bond acceptors (Lipinski definition) is 4. The monoisotopic (exact) mass is 374 g/mol. The largest absolute Gasteiger partial charge is 0.481 e. The number of aromatic nitrogens is 1. The predicted molar refractivity (Wildman–Crippen MR) is 105 cm³/mol. The van der Waals surface area contributed by atoms with Gasteiger partial charge in [-0.25, -0.2) is 4.98 Å². The molecule has 1 N–H and O–H groups in total. The predicted octanol–water partition coefficient (Wildman–Crippen LogP) is 4.69. The Morgan fingerprint density at radius 2 is 1.88 bits per heavy atom. The number of pyridine rings is 1. The molecule has 0 radical (unpaired) electrons. The Hall–Kier alpha value is -2.11. The van der Waals surface area contributed by atoms with Gasteiger partial charge in [0.2, 0.25) is 0 Å². The van der Waals surface area contributed by atoms with Gasteiger partial charge in [0.05, 0.1) is 27.5 Å². The van der Waals surface area contributed by atoms with E-state index >= 15 is 0 Å². The van der Waals surface area contributed by atoms with Crippen molar-refractivity contribution >= 4 is 45.6 Å². The molecule has 1 aliphatic heterocycles. The summed E-state index contributed by atoms with van der Waals surface area (Å²) in [6.07, 6.45) is 1.40. The van der Waals surface area contributed by atoms with Crippen LogP contribution < -0.4 is 4.90 Å². The van der Waals surface area contributed by atoms with E-state index in [1.165, 1.54) is 10.4 Å². The second-order valence-corrected chi connectivity index (χ2v) is 7.04. The third-order valence-corrected chi connectivity index (χ3v) is 5.57. The van der Waals surface area contributed by atoms with Gasteiger partial charge in [0, 0.05) is 18.7 Å². The van der Waals surface area contributed by atoms with E-state index in [-0.39, 0.29) is 18.3 Å². The van der Waals surface area contributed by atoms with Crippen LogP contribution in [0.4, 0.5) is 5.69 Å². The van der Waals surface area contributed by atoms with Crippen molar-refractivity contribution in [2.75, 3.05) is 18.0 Å². The molecule has 0 unspecified atom stereocenters. The van der Waals surface area contributed by atoms with Crippen molar-refractivity contribution in [3.8, 4) is 11.3 Å². The van der Waals surface area contributed by atoms with E-state index in [1.807, 2.05) is 18.2 Å². The van der Waals surface area contributed by atoms with E-state index in [0.717, 1.165) is 29.9 Å². The number of fused-ring (bicyclic) bond motifs is 1. The van der Waals surface area contributed by atoms with Gasteiger partial charge in [-0.2, -0.15) is 0 Å². The Kier molecular flexibility index (Phi) is 5.25. The van der Waals surface area contributed by atoms with Crippen LogP contribution in [0, 0.1) is 5.92 Å². The van der Waals surface area contributed by atoms with Crippen LogP contribution in [0.2, 0.25) is 0 Å². The number of thiophene rings is 1.